The number of rotatable bonds is 7. The number of hydrogen-bond donors (Lipinski definition) is 1. The van der Waals surface area contributed by atoms with Gasteiger partial charge in [-0.2, -0.15) is 0 Å². The Morgan fingerprint density at radius 2 is 1.93 bits per heavy atom. The Labute approximate surface area is 174 Å². The van der Waals surface area contributed by atoms with Crippen LogP contribution in [0, 0.1) is 12.8 Å². The summed E-state index contributed by atoms with van der Waals surface area (Å²) in [7, 11) is 4.17. The maximum atomic E-state index is 11.7. The molecule has 5 heteroatoms. The van der Waals surface area contributed by atoms with Gasteiger partial charge >= 0.3 is 0 Å². The Morgan fingerprint density at radius 3 is 2.52 bits per heavy atom. The first-order valence-corrected chi connectivity index (χ1v) is 10.8. The van der Waals surface area contributed by atoms with E-state index in [4.69, 9.17) is 4.98 Å². The molecule has 2 fully saturated rings. The van der Waals surface area contributed by atoms with E-state index in [-0.39, 0.29) is 0 Å². The Kier molecular flexibility index (Phi) is 5.86. The van der Waals surface area contributed by atoms with Crippen LogP contribution in [-0.2, 0) is 0 Å². The molecule has 4 rings (SSSR count). The van der Waals surface area contributed by atoms with Gasteiger partial charge in [-0.05, 0) is 81.0 Å². The van der Waals surface area contributed by atoms with E-state index < -0.39 is 0 Å². The molecule has 1 saturated heterocycles. The van der Waals surface area contributed by atoms with Gasteiger partial charge in [0.25, 0.3) is 0 Å². The van der Waals surface area contributed by atoms with Crippen molar-refractivity contribution in [2.45, 2.75) is 38.6 Å². The first kappa shape index (κ1) is 19.9. The van der Waals surface area contributed by atoms with E-state index in [1.54, 1.807) is 0 Å². The smallest absolute Gasteiger partial charge is 0.150 e. The van der Waals surface area contributed by atoms with Crippen LogP contribution >= 0.6 is 0 Å². The third-order valence-corrected chi connectivity index (χ3v) is 6.50. The number of aromatic nitrogens is 1. The lowest BCUT2D eigenvalue weighted by atomic mass is 9.98. The van der Waals surface area contributed by atoms with Crippen molar-refractivity contribution >= 4 is 17.8 Å². The van der Waals surface area contributed by atoms with E-state index in [9.17, 15) is 4.79 Å². The highest BCUT2D eigenvalue weighted by atomic mass is 16.1. The minimum Gasteiger partial charge on any atom is -0.374 e. The quantitative estimate of drug-likeness (QED) is 0.724. The fourth-order valence-electron chi connectivity index (χ4n) is 4.33. The molecule has 29 heavy (non-hydrogen) atoms. The molecule has 0 amide bonds. The van der Waals surface area contributed by atoms with Crippen LogP contribution in [0.4, 0.5) is 11.5 Å². The molecule has 0 unspecified atom stereocenters. The van der Waals surface area contributed by atoms with Crippen molar-refractivity contribution in [3.63, 3.8) is 0 Å². The topological polar surface area (TPSA) is 48.5 Å². The molecule has 1 aliphatic heterocycles. The zero-order valence-electron chi connectivity index (χ0n) is 17.8. The number of carbonyl (C=O) groups excluding carboxylic acids is 1. The Balaban J connectivity index is 1.56. The van der Waals surface area contributed by atoms with Crippen LogP contribution in [0.5, 0.6) is 0 Å². The first-order chi connectivity index (χ1) is 14.1. The number of hydrogen-bond acceptors (Lipinski definition) is 5. The second-order valence-corrected chi connectivity index (χ2v) is 8.61. The van der Waals surface area contributed by atoms with E-state index in [0.717, 1.165) is 78.4 Å². The van der Waals surface area contributed by atoms with E-state index in [1.165, 1.54) is 12.8 Å². The molecule has 0 bridgehead atoms. The lowest BCUT2D eigenvalue weighted by Crippen LogP contribution is -2.41. The molecule has 0 spiro atoms. The van der Waals surface area contributed by atoms with Gasteiger partial charge in [-0.15, -0.1) is 0 Å². The summed E-state index contributed by atoms with van der Waals surface area (Å²) in [4.78, 5) is 21.1. The van der Waals surface area contributed by atoms with Crippen LogP contribution in [0.3, 0.4) is 0 Å². The van der Waals surface area contributed by atoms with Gasteiger partial charge in [0.05, 0.1) is 0 Å². The minimum atomic E-state index is 0.617. The standard InChI is InChI=1S/C24H32N4O/c1-17-21(16-29)12-20(13-23(17)27(3)15-18-4-5-18)19-6-7-24(26-14-19)28-10-8-22(25-2)9-11-28/h6-7,12-14,16,18,22,25H,4-5,8-11,15H2,1-3H3. The summed E-state index contributed by atoms with van der Waals surface area (Å²) in [6, 6.07) is 9.07. The van der Waals surface area contributed by atoms with Crippen LogP contribution in [0.2, 0.25) is 0 Å². The lowest BCUT2D eigenvalue weighted by Gasteiger charge is -2.32. The van der Waals surface area contributed by atoms with Gasteiger partial charge in [0.15, 0.2) is 0 Å². The molecular formula is C24H32N4O. The number of pyridine rings is 1. The summed E-state index contributed by atoms with van der Waals surface area (Å²) in [6.45, 7) is 5.17. The predicted molar refractivity (Wildman–Crippen MR) is 120 cm³/mol. The molecule has 0 radical (unpaired) electrons. The van der Waals surface area contributed by atoms with Crippen molar-refractivity contribution in [2.24, 2.45) is 5.92 Å². The zero-order valence-corrected chi connectivity index (χ0v) is 17.8. The second kappa shape index (κ2) is 8.54. The van der Waals surface area contributed by atoms with Gasteiger partial charge in [0.1, 0.15) is 12.1 Å². The van der Waals surface area contributed by atoms with Crippen molar-refractivity contribution in [1.29, 1.82) is 0 Å². The molecule has 5 nitrogen and oxygen atoms in total. The summed E-state index contributed by atoms with van der Waals surface area (Å²) in [5.74, 6) is 1.84. The molecule has 1 saturated carbocycles. The van der Waals surface area contributed by atoms with Crippen molar-refractivity contribution in [3.05, 3.63) is 41.6 Å². The molecule has 2 aliphatic rings. The maximum Gasteiger partial charge on any atom is 0.150 e. The molecule has 1 N–H and O–H groups in total. The summed E-state index contributed by atoms with van der Waals surface area (Å²) in [5.41, 5.74) is 5.09. The van der Waals surface area contributed by atoms with Crippen molar-refractivity contribution < 1.29 is 4.79 Å². The van der Waals surface area contributed by atoms with Crippen LogP contribution in [-0.4, -0.2) is 51.0 Å². The number of aldehydes is 1. The van der Waals surface area contributed by atoms with Crippen LogP contribution in [0.15, 0.2) is 30.5 Å². The first-order valence-electron chi connectivity index (χ1n) is 10.8. The highest BCUT2D eigenvalue weighted by molar-refractivity contribution is 5.85. The third-order valence-electron chi connectivity index (χ3n) is 6.50. The highest BCUT2D eigenvalue weighted by Gasteiger charge is 2.24. The van der Waals surface area contributed by atoms with Gasteiger partial charge in [-0.25, -0.2) is 4.98 Å². The van der Waals surface area contributed by atoms with Gasteiger partial charge in [-0.1, -0.05) is 0 Å². The van der Waals surface area contributed by atoms with Crippen LogP contribution in [0.1, 0.15) is 41.6 Å². The third kappa shape index (κ3) is 4.45. The SMILES string of the molecule is CNC1CCN(c2ccc(-c3cc(C=O)c(C)c(N(C)CC4CC4)c3)cn2)CC1. The average Bonchev–Trinajstić information content (AvgIpc) is 3.58. The fraction of sp³-hybridized carbons (Fsp3) is 0.500. The number of benzene rings is 1. The normalized spacial score (nSPS) is 17.4. The zero-order chi connectivity index (χ0) is 20.4. The molecular weight excluding hydrogens is 360 g/mol. The average molecular weight is 393 g/mol. The van der Waals surface area contributed by atoms with Crippen LogP contribution in [0.25, 0.3) is 11.1 Å². The van der Waals surface area contributed by atoms with Crippen LogP contribution < -0.4 is 15.1 Å². The monoisotopic (exact) mass is 392 g/mol. The molecule has 1 aromatic carbocycles. The van der Waals surface area contributed by atoms with Gasteiger partial charge in [-0.3, -0.25) is 4.79 Å². The summed E-state index contributed by atoms with van der Waals surface area (Å²) in [5, 5.41) is 3.37. The molecule has 2 heterocycles. The van der Waals surface area contributed by atoms with Crippen molar-refractivity contribution in [3.8, 4) is 11.1 Å². The van der Waals surface area contributed by atoms with E-state index in [1.807, 2.05) is 26.2 Å². The Bertz CT molecular complexity index is 852. The number of piperidine rings is 1. The Hall–Kier alpha value is -2.40. The Morgan fingerprint density at radius 1 is 1.17 bits per heavy atom. The number of anilines is 2. The number of carbonyl (C=O) groups is 1. The van der Waals surface area contributed by atoms with Crippen molar-refractivity contribution in [1.82, 2.24) is 10.3 Å². The molecule has 1 aliphatic carbocycles. The van der Waals surface area contributed by atoms with Gasteiger partial charge in [0.2, 0.25) is 0 Å². The van der Waals surface area contributed by atoms with E-state index in [2.05, 4.69) is 40.4 Å². The molecule has 0 atom stereocenters. The molecule has 1 aromatic heterocycles. The van der Waals surface area contributed by atoms with E-state index >= 15 is 0 Å². The van der Waals surface area contributed by atoms with E-state index in [0.29, 0.717) is 6.04 Å². The summed E-state index contributed by atoms with van der Waals surface area (Å²) in [6.07, 6.45) is 7.86. The summed E-state index contributed by atoms with van der Waals surface area (Å²) >= 11 is 0. The maximum absolute atomic E-state index is 11.7. The fourth-order valence-corrected chi connectivity index (χ4v) is 4.33. The van der Waals surface area contributed by atoms with Gasteiger partial charge in [0, 0.05) is 55.7 Å². The predicted octanol–water partition coefficient (Wildman–Crippen LogP) is 3.90. The minimum absolute atomic E-state index is 0.617. The lowest BCUT2D eigenvalue weighted by molar-refractivity contribution is 0.112. The van der Waals surface area contributed by atoms with Crippen molar-refractivity contribution in [2.75, 3.05) is 43.5 Å². The highest BCUT2D eigenvalue weighted by Crippen LogP contribution is 2.34. The second-order valence-electron chi connectivity index (χ2n) is 8.61. The molecule has 2 aromatic rings. The number of nitrogens with zero attached hydrogens (tertiary/aromatic N) is 3. The summed E-state index contributed by atoms with van der Waals surface area (Å²) < 4.78 is 0. The van der Waals surface area contributed by atoms with Gasteiger partial charge < -0.3 is 15.1 Å². The number of nitrogens with one attached hydrogen (secondary N) is 1. The largest absolute Gasteiger partial charge is 0.374 e. The molecule has 154 valence electrons.